The molecule has 0 N–H and O–H groups in total. The summed E-state index contributed by atoms with van der Waals surface area (Å²) in [5, 5.41) is 0. The van der Waals surface area contributed by atoms with E-state index >= 15 is 0 Å². The number of rotatable bonds is 4. The first-order chi connectivity index (χ1) is 13.0. The normalized spacial score (nSPS) is 31.5. The van der Waals surface area contributed by atoms with Gasteiger partial charge in [-0.1, -0.05) is 12.1 Å². The Hall–Kier alpha value is -1.81. The van der Waals surface area contributed by atoms with Crippen molar-refractivity contribution in [3.8, 4) is 0 Å². The lowest BCUT2D eigenvalue weighted by Crippen LogP contribution is -2.46. The van der Waals surface area contributed by atoms with Gasteiger partial charge in [0.05, 0.1) is 29.0 Å². The van der Waals surface area contributed by atoms with Crippen LogP contribution in [-0.2, 0) is 19.5 Å². The lowest BCUT2D eigenvalue weighted by Gasteiger charge is -2.28. The van der Waals surface area contributed by atoms with Gasteiger partial charge in [0.25, 0.3) is 11.8 Å². The molecule has 0 radical (unpaired) electrons. The van der Waals surface area contributed by atoms with Crippen LogP contribution in [0.25, 0.3) is 0 Å². The molecule has 2 fully saturated rings. The van der Waals surface area contributed by atoms with Gasteiger partial charge in [-0.2, -0.15) is 0 Å². The zero-order chi connectivity index (χ0) is 20.4. The maximum absolute atomic E-state index is 12.9. The molecule has 1 saturated carbocycles. The molecule has 4 atom stereocenters. The number of hydrogen-bond donors (Lipinski definition) is 0. The third kappa shape index (κ3) is 2.97. The number of imide groups is 1. The summed E-state index contributed by atoms with van der Waals surface area (Å²) in [5.74, 6) is -2.15. The van der Waals surface area contributed by atoms with Crippen molar-refractivity contribution in [1.29, 1.82) is 0 Å². The third-order valence-corrected chi connectivity index (χ3v) is 7.65. The van der Waals surface area contributed by atoms with Crippen LogP contribution in [0.1, 0.15) is 41.0 Å². The number of nitrogens with zero attached hydrogens (tertiary/aromatic N) is 2. The topological polar surface area (TPSA) is 93.2 Å². The van der Waals surface area contributed by atoms with Gasteiger partial charge in [0.2, 0.25) is 10.0 Å². The van der Waals surface area contributed by atoms with Crippen LogP contribution in [0.2, 0.25) is 0 Å². The second-order valence-electron chi connectivity index (χ2n) is 8.21. The fourth-order valence-electron chi connectivity index (χ4n) is 4.40. The van der Waals surface area contributed by atoms with Gasteiger partial charge in [0.15, 0.2) is 5.79 Å². The summed E-state index contributed by atoms with van der Waals surface area (Å²) in [6.07, 6.45) is -0.733. The number of benzene rings is 1. The van der Waals surface area contributed by atoms with E-state index in [1.54, 1.807) is 38.1 Å². The quantitative estimate of drug-likeness (QED) is 0.693. The summed E-state index contributed by atoms with van der Waals surface area (Å²) in [4.78, 5) is 27.1. The molecule has 0 spiro atoms. The minimum Gasteiger partial charge on any atom is -0.344 e. The smallest absolute Gasteiger partial charge is 0.261 e. The number of amides is 2. The second-order valence-corrected chi connectivity index (χ2v) is 10.4. The van der Waals surface area contributed by atoms with E-state index in [4.69, 9.17) is 9.47 Å². The van der Waals surface area contributed by atoms with Crippen molar-refractivity contribution >= 4 is 21.8 Å². The van der Waals surface area contributed by atoms with Crippen molar-refractivity contribution in [1.82, 2.24) is 9.21 Å². The van der Waals surface area contributed by atoms with Crippen molar-refractivity contribution < 1.29 is 27.5 Å². The number of carbonyl (C=O) groups is 2. The summed E-state index contributed by atoms with van der Waals surface area (Å²) < 4.78 is 38.1. The predicted octanol–water partition coefficient (Wildman–Crippen LogP) is 1.08. The molecule has 152 valence electrons. The van der Waals surface area contributed by atoms with Crippen LogP contribution in [0.5, 0.6) is 0 Å². The Bertz CT molecular complexity index is 906. The van der Waals surface area contributed by atoms with Crippen LogP contribution in [0.3, 0.4) is 0 Å². The average molecular weight is 408 g/mol. The van der Waals surface area contributed by atoms with Gasteiger partial charge >= 0.3 is 0 Å². The van der Waals surface area contributed by atoms with Gasteiger partial charge in [0.1, 0.15) is 6.10 Å². The highest BCUT2D eigenvalue weighted by molar-refractivity contribution is 7.89. The zero-order valence-electron chi connectivity index (χ0n) is 16.3. The van der Waals surface area contributed by atoms with Gasteiger partial charge < -0.3 is 9.47 Å². The summed E-state index contributed by atoms with van der Waals surface area (Å²) in [7, 11) is -0.505. The highest BCUT2D eigenvalue weighted by atomic mass is 32.2. The molecule has 0 bridgehead atoms. The first kappa shape index (κ1) is 19.5. The molecule has 1 aromatic rings. The molecule has 3 aliphatic rings. The Balaban J connectivity index is 1.67. The Morgan fingerprint density at radius 3 is 2.14 bits per heavy atom. The summed E-state index contributed by atoms with van der Waals surface area (Å²) in [6, 6.07) is 6.13. The van der Waals surface area contributed by atoms with Crippen molar-refractivity contribution in [2.75, 3.05) is 19.8 Å². The molecule has 1 saturated heterocycles. The standard InChI is InChI=1S/C19H24N2O6S/c1-19(2)26-15-11(10-28(24,25)20(3)4)9-14(16(15)27-19)21-17(22)12-7-5-6-8-13(12)18(21)23/h5-8,11,14-16H,9-10H2,1-4H3/t11-,14-,15-,16+/m1/s1. The van der Waals surface area contributed by atoms with Crippen LogP contribution >= 0.6 is 0 Å². The van der Waals surface area contributed by atoms with E-state index in [0.29, 0.717) is 17.5 Å². The molecule has 2 heterocycles. The SMILES string of the molecule is CN(C)S(=O)(=O)C[C@H]1C[C@@H](N2C(=O)c3ccccc3C2=O)[C@@H]2OC(C)(C)O[C@H]12. The molecule has 9 heteroatoms. The largest absolute Gasteiger partial charge is 0.344 e. The Labute approximate surface area is 164 Å². The molecule has 2 aliphatic heterocycles. The summed E-state index contributed by atoms with van der Waals surface area (Å²) in [5.41, 5.74) is 0.734. The summed E-state index contributed by atoms with van der Waals surface area (Å²) >= 11 is 0. The first-order valence-corrected chi connectivity index (χ1v) is 10.9. The fourth-order valence-corrected chi connectivity index (χ4v) is 5.57. The molecular weight excluding hydrogens is 384 g/mol. The maximum atomic E-state index is 12.9. The van der Waals surface area contributed by atoms with Gasteiger partial charge in [-0.15, -0.1) is 0 Å². The molecule has 1 aromatic carbocycles. The van der Waals surface area contributed by atoms with E-state index in [-0.39, 0.29) is 23.5 Å². The van der Waals surface area contributed by atoms with E-state index in [1.807, 2.05) is 0 Å². The summed E-state index contributed by atoms with van der Waals surface area (Å²) in [6.45, 7) is 3.50. The number of sulfonamides is 1. The third-order valence-electron chi connectivity index (χ3n) is 5.69. The van der Waals surface area contributed by atoms with Gasteiger partial charge in [-0.25, -0.2) is 12.7 Å². The van der Waals surface area contributed by atoms with Crippen LogP contribution in [0.4, 0.5) is 0 Å². The Morgan fingerprint density at radius 2 is 1.61 bits per heavy atom. The van der Waals surface area contributed by atoms with Crippen molar-refractivity contribution in [3.63, 3.8) is 0 Å². The fraction of sp³-hybridized carbons (Fsp3) is 0.579. The highest BCUT2D eigenvalue weighted by Crippen LogP contribution is 2.45. The van der Waals surface area contributed by atoms with Crippen molar-refractivity contribution in [3.05, 3.63) is 35.4 Å². The number of ether oxygens (including phenoxy) is 2. The Kier molecular flexibility index (Phi) is 4.42. The Morgan fingerprint density at radius 1 is 1.07 bits per heavy atom. The number of hydrogen-bond acceptors (Lipinski definition) is 6. The average Bonchev–Trinajstić information content (AvgIpc) is 3.17. The number of carbonyl (C=O) groups excluding carboxylic acids is 2. The highest BCUT2D eigenvalue weighted by Gasteiger charge is 2.59. The van der Waals surface area contributed by atoms with E-state index in [0.717, 1.165) is 0 Å². The minimum absolute atomic E-state index is 0.125. The first-order valence-electron chi connectivity index (χ1n) is 9.24. The van der Waals surface area contributed by atoms with E-state index < -0.39 is 34.1 Å². The number of fused-ring (bicyclic) bond motifs is 2. The van der Waals surface area contributed by atoms with Gasteiger partial charge in [-0.05, 0) is 32.4 Å². The van der Waals surface area contributed by atoms with Gasteiger partial charge in [-0.3, -0.25) is 14.5 Å². The predicted molar refractivity (Wildman–Crippen MR) is 100 cm³/mol. The molecule has 8 nitrogen and oxygen atoms in total. The van der Waals surface area contributed by atoms with Crippen LogP contribution < -0.4 is 0 Å². The minimum atomic E-state index is -3.48. The van der Waals surface area contributed by atoms with Crippen LogP contribution in [-0.4, -0.2) is 73.3 Å². The second kappa shape index (κ2) is 6.35. The van der Waals surface area contributed by atoms with Crippen LogP contribution in [0.15, 0.2) is 24.3 Å². The van der Waals surface area contributed by atoms with Crippen molar-refractivity contribution in [2.24, 2.45) is 5.92 Å². The van der Waals surface area contributed by atoms with E-state index in [1.165, 1.54) is 23.3 Å². The maximum Gasteiger partial charge on any atom is 0.261 e. The lowest BCUT2D eigenvalue weighted by molar-refractivity contribution is -0.160. The molecular formula is C19H24N2O6S. The molecule has 0 aromatic heterocycles. The van der Waals surface area contributed by atoms with E-state index in [2.05, 4.69) is 0 Å². The molecule has 0 unspecified atom stereocenters. The monoisotopic (exact) mass is 408 g/mol. The van der Waals surface area contributed by atoms with Crippen molar-refractivity contribution in [2.45, 2.75) is 44.3 Å². The van der Waals surface area contributed by atoms with Gasteiger partial charge in [0, 0.05) is 20.0 Å². The molecule has 4 rings (SSSR count). The molecule has 1 aliphatic carbocycles. The molecule has 28 heavy (non-hydrogen) atoms. The lowest BCUT2D eigenvalue weighted by atomic mass is 10.1. The zero-order valence-corrected chi connectivity index (χ0v) is 17.1. The van der Waals surface area contributed by atoms with Crippen LogP contribution in [0, 0.1) is 5.92 Å². The molecule has 2 amide bonds. The van der Waals surface area contributed by atoms with E-state index in [9.17, 15) is 18.0 Å².